The van der Waals surface area contributed by atoms with Gasteiger partial charge < -0.3 is 9.64 Å². The molecule has 126 valence electrons. The fourth-order valence-electron chi connectivity index (χ4n) is 2.66. The number of amides is 2. The highest BCUT2D eigenvalue weighted by atomic mass is 32.1. The third kappa shape index (κ3) is 3.09. The minimum absolute atomic E-state index is 0.223. The average molecular weight is 346 g/mol. The Bertz CT molecular complexity index is 783. The predicted molar refractivity (Wildman–Crippen MR) is 90.3 cm³/mol. The van der Waals surface area contributed by atoms with Crippen molar-refractivity contribution in [3.8, 4) is 0 Å². The summed E-state index contributed by atoms with van der Waals surface area (Å²) in [7, 11) is 1.36. The molecule has 0 bridgehead atoms. The Balaban J connectivity index is 1.82. The lowest BCUT2D eigenvalue weighted by Crippen LogP contribution is -2.36. The van der Waals surface area contributed by atoms with Crippen molar-refractivity contribution in [2.24, 2.45) is 0 Å². The number of aryl methyl sites for hydroxylation is 2. The number of thiazole rings is 1. The summed E-state index contributed by atoms with van der Waals surface area (Å²) in [6.07, 6.45) is 3.48. The summed E-state index contributed by atoms with van der Waals surface area (Å²) >= 11 is 1.45. The molecule has 1 N–H and O–H groups in total. The summed E-state index contributed by atoms with van der Waals surface area (Å²) in [5, 5.41) is 3.42. The van der Waals surface area contributed by atoms with Crippen molar-refractivity contribution >= 4 is 28.5 Å². The summed E-state index contributed by atoms with van der Waals surface area (Å²) in [6.45, 7) is 4.79. The van der Waals surface area contributed by atoms with Gasteiger partial charge in [-0.15, -0.1) is 11.3 Å². The number of carbonyl (C=O) groups is 2. The van der Waals surface area contributed by atoms with Crippen LogP contribution in [0.15, 0.2) is 12.4 Å². The molecule has 8 heteroatoms. The van der Waals surface area contributed by atoms with Crippen LogP contribution in [0.1, 0.15) is 32.1 Å². The Labute approximate surface area is 143 Å². The van der Waals surface area contributed by atoms with Gasteiger partial charge in [-0.05, 0) is 31.4 Å². The van der Waals surface area contributed by atoms with E-state index in [9.17, 15) is 9.59 Å². The zero-order chi connectivity index (χ0) is 17.3. The third-order valence-corrected chi connectivity index (χ3v) is 5.05. The topological polar surface area (TPSA) is 84.4 Å². The van der Waals surface area contributed by atoms with E-state index < -0.39 is 0 Å². The normalized spacial score (nSPS) is 13.4. The summed E-state index contributed by atoms with van der Waals surface area (Å²) in [6, 6.07) is 0. The predicted octanol–water partition coefficient (Wildman–Crippen LogP) is 2.53. The van der Waals surface area contributed by atoms with E-state index in [4.69, 9.17) is 4.74 Å². The van der Waals surface area contributed by atoms with Crippen molar-refractivity contribution in [1.29, 1.82) is 0 Å². The zero-order valence-corrected chi connectivity index (χ0v) is 14.6. The molecule has 0 atom stereocenters. The number of aromatic nitrogens is 2. The van der Waals surface area contributed by atoms with Gasteiger partial charge in [-0.25, -0.2) is 9.78 Å². The molecule has 2 amide bonds. The number of rotatable bonds is 2. The molecule has 0 saturated heterocycles. The summed E-state index contributed by atoms with van der Waals surface area (Å²) in [5.41, 5.74) is 3.23. The number of anilines is 1. The van der Waals surface area contributed by atoms with Crippen molar-refractivity contribution in [3.05, 3.63) is 39.7 Å². The molecule has 3 heterocycles. The average Bonchev–Trinajstić information content (AvgIpc) is 2.90. The van der Waals surface area contributed by atoms with E-state index in [1.807, 2.05) is 13.8 Å². The van der Waals surface area contributed by atoms with E-state index >= 15 is 0 Å². The number of fused-ring (bicyclic) bond motifs is 1. The second-order valence-electron chi connectivity index (χ2n) is 5.58. The fraction of sp³-hybridized carbons (Fsp3) is 0.375. The molecule has 1 aliphatic rings. The maximum Gasteiger partial charge on any atom is 0.409 e. The SMILES string of the molecule is COC(=O)N1CCc2c(cncc2C(=O)Nc2nc(C)c(C)s2)C1. The standard InChI is InChI=1S/C16H18N4O3S/c1-9-10(2)24-15(18-9)19-14(21)13-7-17-6-11-8-20(16(22)23-3)5-4-12(11)13/h6-7H,4-5,8H2,1-3H3,(H,18,19,21). The first-order valence-corrected chi connectivity index (χ1v) is 8.35. The monoisotopic (exact) mass is 346 g/mol. The number of pyridine rings is 1. The van der Waals surface area contributed by atoms with Crippen LogP contribution in [0, 0.1) is 13.8 Å². The van der Waals surface area contributed by atoms with Crippen LogP contribution < -0.4 is 5.32 Å². The molecule has 0 aliphatic carbocycles. The summed E-state index contributed by atoms with van der Waals surface area (Å²) in [5.74, 6) is -0.223. The number of nitrogens with zero attached hydrogens (tertiary/aromatic N) is 3. The van der Waals surface area contributed by atoms with E-state index in [0.29, 0.717) is 30.2 Å². The van der Waals surface area contributed by atoms with Crippen molar-refractivity contribution < 1.29 is 14.3 Å². The quantitative estimate of drug-likeness (QED) is 0.903. The molecule has 2 aromatic rings. The van der Waals surface area contributed by atoms with Crippen molar-refractivity contribution in [1.82, 2.24) is 14.9 Å². The van der Waals surface area contributed by atoms with Crippen LogP contribution in [0.25, 0.3) is 0 Å². The smallest absolute Gasteiger partial charge is 0.409 e. The lowest BCUT2D eigenvalue weighted by Gasteiger charge is -2.28. The van der Waals surface area contributed by atoms with Crippen molar-refractivity contribution in [2.75, 3.05) is 19.0 Å². The van der Waals surface area contributed by atoms with Crippen LogP contribution in [-0.2, 0) is 17.7 Å². The van der Waals surface area contributed by atoms with E-state index in [-0.39, 0.29) is 12.0 Å². The lowest BCUT2D eigenvalue weighted by atomic mass is 9.97. The molecule has 7 nitrogen and oxygen atoms in total. The molecule has 0 radical (unpaired) electrons. The molecule has 0 saturated carbocycles. The zero-order valence-electron chi connectivity index (χ0n) is 13.8. The number of hydrogen-bond acceptors (Lipinski definition) is 6. The van der Waals surface area contributed by atoms with Gasteiger partial charge in [-0.2, -0.15) is 0 Å². The second-order valence-corrected chi connectivity index (χ2v) is 6.78. The Hall–Kier alpha value is -2.48. The second kappa shape index (κ2) is 6.56. The first-order chi connectivity index (χ1) is 11.5. The maximum atomic E-state index is 12.6. The van der Waals surface area contributed by atoms with Crippen LogP contribution in [0.4, 0.5) is 9.93 Å². The number of nitrogens with one attached hydrogen (secondary N) is 1. The van der Waals surface area contributed by atoms with Gasteiger partial charge in [-0.1, -0.05) is 0 Å². The number of hydrogen-bond donors (Lipinski definition) is 1. The van der Waals surface area contributed by atoms with Gasteiger partial charge >= 0.3 is 6.09 Å². The molecule has 0 unspecified atom stereocenters. The lowest BCUT2D eigenvalue weighted by molar-refractivity contribution is 0.102. The van der Waals surface area contributed by atoms with Crippen LogP contribution in [-0.4, -0.2) is 40.5 Å². The van der Waals surface area contributed by atoms with Gasteiger partial charge in [-0.3, -0.25) is 15.1 Å². The van der Waals surface area contributed by atoms with E-state index in [2.05, 4.69) is 15.3 Å². The minimum Gasteiger partial charge on any atom is -0.453 e. The third-order valence-electron chi connectivity index (χ3n) is 4.07. The first kappa shape index (κ1) is 16.4. The van der Waals surface area contributed by atoms with Crippen LogP contribution in [0.5, 0.6) is 0 Å². The molecule has 0 fully saturated rings. The fourth-order valence-corrected chi connectivity index (χ4v) is 3.47. The van der Waals surface area contributed by atoms with Gasteiger partial charge in [0.2, 0.25) is 0 Å². The number of methoxy groups -OCH3 is 1. The molecule has 0 spiro atoms. The molecule has 1 aliphatic heterocycles. The van der Waals surface area contributed by atoms with Gasteiger partial charge in [0, 0.05) is 23.8 Å². The molecular weight excluding hydrogens is 328 g/mol. The van der Waals surface area contributed by atoms with E-state index in [1.165, 1.54) is 18.4 Å². The summed E-state index contributed by atoms with van der Waals surface area (Å²) < 4.78 is 4.76. The molecule has 0 aromatic carbocycles. The number of carbonyl (C=O) groups excluding carboxylic acids is 2. The van der Waals surface area contributed by atoms with E-state index in [0.717, 1.165) is 21.7 Å². The van der Waals surface area contributed by atoms with Gasteiger partial charge in [0.15, 0.2) is 5.13 Å². The Kier molecular flexibility index (Phi) is 4.48. The Morgan fingerprint density at radius 2 is 2.12 bits per heavy atom. The van der Waals surface area contributed by atoms with Gasteiger partial charge in [0.1, 0.15) is 0 Å². The molecular formula is C16H18N4O3S. The van der Waals surface area contributed by atoms with Crippen molar-refractivity contribution in [2.45, 2.75) is 26.8 Å². The van der Waals surface area contributed by atoms with Crippen LogP contribution in [0.3, 0.4) is 0 Å². The van der Waals surface area contributed by atoms with Gasteiger partial charge in [0.05, 0.1) is 24.9 Å². The Morgan fingerprint density at radius 1 is 1.33 bits per heavy atom. The van der Waals surface area contributed by atoms with E-state index in [1.54, 1.807) is 17.3 Å². The Morgan fingerprint density at radius 3 is 2.79 bits per heavy atom. The van der Waals surface area contributed by atoms with Crippen LogP contribution in [0.2, 0.25) is 0 Å². The van der Waals surface area contributed by atoms with Crippen molar-refractivity contribution in [3.63, 3.8) is 0 Å². The highest BCUT2D eigenvalue weighted by molar-refractivity contribution is 7.15. The first-order valence-electron chi connectivity index (χ1n) is 7.53. The molecule has 3 rings (SSSR count). The largest absolute Gasteiger partial charge is 0.453 e. The maximum absolute atomic E-state index is 12.6. The van der Waals surface area contributed by atoms with Crippen LogP contribution >= 0.6 is 11.3 Å². The molecule has 24 heavy (non-hydrogen) atoms. The van der Waals surface area contributed by atoms with Gasteiger partial charge in [0.25, 0.3) is 5.91 Å². The minimum atomic E-state index is -0.371. The summed E-state index contributed by atoms with van der Waals surface area (Å²) in [4.78, 5) is 35.4. The molecule has 2 aromatic heterocycles. The highest BCUT2D eigenvalue weighted by Crippen LogP contribution is 2.25. The highest BCUT2D eigenvalue weighted by Gasteiger charge is 2.25. The number of ether oxygens (including phenoxy) is 1.